The van der Waals surface area contributed by atoms with Gasteiger partial charge in [-0.1, -0.05) is 18.2 Å². The molecule has 1 atom stereocenters. The minimum absolute atomic E-state index is 0.255. The van der Waals surface area contributed by atoms with Crippen LogP contribution in [0.15, 0.2) is 54.2 Å². The van der Waals surface area contributed by atoms with E-state index < -0.39 is 6.04 Å². The standard InChI is InChI=1S/C15H18N4OS/c1-3-8-21-13-7-5-4-6-12(13)18-15(20)14(16)11-9-17-19(2)10-11/h3-7,9-10,14H,1,8,16H2,2H3,(H,18,20). The van der Waals surface area contributed by atoms with Gasteiger partial charge >= 0.3 is 0 Å². The van der Waals surface area contributed by atoms with Gasteiger partial charge in [-0.05, 0) is 12.1 Å². The van der Waals surface area contributed by atoms with Crippen LogP contribution in [0, 0.1) is 0 Å². The van der Waals surface area contributed by atoms with Crippen LogP contribution < -0.4 is 11.1 Å². The average molecular weight is 302 g/mol. The average Bonchev–Trinajstić information content (AvgIpc) is 2.92. The molecule has 2 rings (SSSR count). The van der Waals surface area contributed by atoms with Gasteiger partial charge in [-0.2, -0.15) is 5.10 Å². The summed E-state index contributed by atoms with van der Waals surface area (Å²) >= 11 is 1.61. The van der Waals surface area contributed by atoms with E-state index in [2.05, 4.69) is 17.0 Å². The highest BCUT2D eigenvalue weighted by Crippen LogP contribution is 2.27. The van der Waals surface area contributed by atoms with Crippen LogP contribution in [0.25, 0.3) is 0 Å². The van der Waals surface area contributed by atoms with Crippen LogP contribution >= 0.6 is 11.8 Å². The summed E-state index contributed by atoms with van der Waals surface area (Å²) < 4.78 is 1.62. The third kappa shape index (κ3) is 3.96. The number of hydrogen-bond acceptors (Lipinski definition) is 4. The Hall–Kier alpha value is -2.05. The second kappa shape index (κ2) is 7.10. The fourth-order valence-electron chi connectivity index (χ4n) is 1.81. The highest BCUT2D eigenvalue weighted by Gasteiger charge is 2.18. The second-order valence-electron chi connectivity index (χ2n) is 4.51. The number of aromatic nitrogens is 2. The quantitative estimate of drug-likeness (QED) is 0.634. The molecule has 0 saturated carbocycles. The van der Waals surface area contributed by atoms with Gasteiger partial charge < -0.3 is 11.1 Å². The first-order valence-corrected chi connectivity index (χ1v) is 7.48. The molecular formula is C15H18N4OS. The molecule has 0 saturated heterocycles. The Balaban J connectivity index is 2.10. The van der Waals surface area contributed by atoms with Crippen molar-refractivity contribution in [3.8, 4) is 0 Å². The highest BCUT2D eigenvalue weighted by atomic mass is 32.2. The Morgan fingerprint density at radius 3 is 3.00 bits per heavy atom. The maximum Gasteiger partial charge on any atom is 0.246 e. The number of aryl methyl sites for hydroxylation is 1. The summed E-state index contributed by atoms with van der Waals surface area (Å²) in [5, 5.41) is 6.90. The Bertz CT molecular complexity index is 638. The molecule has 0 aliphatic carbocycles. The summed E-state index contributed by atoms with van der Waals surface area (Å²) in [7, 11) is 1.79. The van der Waals surface area contributed by atoms with Gasteiger partial charge in [-0.15, -0.1) is 18.3 Å². The van der Waals surface area contributed by atoms with E-state index in [0.29, 0.717) is 5.56 Å². The normalized spacial score (nSPS) is 11.9. The predicted molar refractivity (Wildman–Crippen MR) is 86.1 cm³/mol. The van der Waals surface area contributed by atoms with Crippen molar-refractivity contribution in [3.05, 3.63) is 54.9 Å². The molecule has 0 radical (unpaired) electrons. The Labute approximate surface area is 128 Å². The van der Waals surface area contributed by atoms with Gasteiger partial charge in [0.25, 0.3) is 0 Å². The topological polar surface area (TPSA) is 72.9 Å². The van der Waals surface area contributed by atoms with E-state index >= 15 is 0 Å². The Morgan fingerprint density at radius 1 is 1.57 bits per heavy atom. The molecule has 1 unspecified atom stereocenters. The largest absolute Gasteiger partial charge is 0.323 e. The fourth-order valence-corrected chi connectivity index (χ4v) is 2.55. The van der Waals surface area contributed by atoms with Crippen molar-refractivity contribution in [2.24, 2.45) is 12.8 Å². The molecule has 1 aromatic carbocycles. The van der Waals surface area contributed by atoms with Crippen molar-refractivity contribution >= 4 is 23.4 Å². The van der Waals surface area contributed by atoms with Crippen molar-refractivity contribution < 1.29 is 4.79 Å². The van der Waals surface area contributed by atoms with Gasteiger partial charge in [0.1, 0.15) is 6.04 Å². The van der Waals surface area contributed by atoms with Crippen LogP contribution in [0.4, 0.5) is 5.69 Å². The van der Waals surface area contributed by atoms with Gasteiger partial charge in [0, 0.05) is 29.5 Å². The van der Waals surface area contributed by atoms with Crippen LogP contribution in [-0.4, -0.2) is 21.4 Å². The molecule has 21 heavy (non-hydrogen) atoms. The number of hydrogen-bond donors (Lipinski definition) is 2. The highest BCUT2D eigenvalue weighted by molar-refractivity contribution is 7.99. The smallest absolute Gasteiger partial charge is 0.246 e. The molecule has 3 N–H and O–H groups in total. The van der Waals surface area contributed by atoms with E-state index in [4.69, 9.17) is 5.73 Å². The zero-order valence-electron chi connectivity index (χ0n) is 11.8. The maximum atomic E-state index is 12.2. The maximum absolute atomic E-state index is 12.2. The van der Waals surface area contributed by atoms with Gasteiger partial charge in [0.2, 0.25) is 5.91 Å². The molecule has 5 nitrogen and oxygen atoms in total. The molecule has 1 aromatic heterocycles. The van der Waals surface area contributed by atoms with E-state index in [9.17, 15) is 4.79 Å². The summed E-state index contributed by atoms with van der Waals surface area (Å²) in [4.78, 5) is 13.2. The number of nitrogens with zero attached hydrogens (tertiary/aromatic N) is 2. The molecule has 0 aliphatic rings. The Morgan fingerprint density at radius 2 is 2.33 bits per heavy atom. The van der Waals surface area contributed by atoms with E-state index in [1.165, 1.54) is 0 Å². The van der Waals surface area contributed by atoms with Crippen LogP contribution in [0.3, 0.4) is 0 Å². The van der Waals surface area contributed by atoms with Gasteiger partial charge in [0.05, 0.1) is 11.9 Å². The van der Waals surface area contributed by atoms with Crippen molar-refractivity contribution in [2.75, 3.05) is 11.1 Å². The predicted octanol–water partition coefficient (Wildman–Crippen LogP) is 2.34. The lowest BCUT2D eigenvalue weighted by molar-refractivity contribution is -0.117. The van der Waals surface area contributed by atoms with Gasteiger partial charge in [0.15, 0.2) is 0 Å². The van der Waals surface area contributed by atoms with E-state index in [1.54, 1.807) is 35.9 Å². The molecule has 6 heteroatoms. The minimum Gasteiger partial charge on any atom is -0.323 e. The SMILES string of the molecule is C=CCSc1ccccc1NC(=O)C(N)c1cnn(C)c1. The van der Waals surface area contributed by atoms with Crippen LogP contribution in [-0.2, 0) is 11.8 Å². The lowest BCUT2D eigenvalue weighted by atomic mass is 10.1. The molecule has 0 bridgehead atoms. The summed E-state index contributed by atoms with van der Waals surface area (Å²) in [5.41, 5.74) is 7.41. The summed E-state index contributed by atoms with van der Waals surface area (Å²) in [6.07, 6.45) is 5.16. The second-order valence-corrected chi connectivity index (χ2v) is 5.57. The summed E-state index contributed by atoms with van der Waals surface area (Å²) in [6, 6.07) is 6.89. The number of thioether (sulfide) groups is 1. The van der Waals surface area contributed by atoms with Crippen LogP contribution in [0.1, 0.15) is 11.6 Å². The number of benzene rings is 1. The molecule has 2 aromatic rings. The monoisotopic (exact) mass is 302 g/mol. The number of nitrogens with two attached hydrogens (primary N) is 1. The van der Waals surface area contributed by atoms with E-state index in [-0.39, 0.29) is 5.91 Å². The number of para-hydroxylation sites is 1. The van der Waals surface area contributed by atoms with Gasteiger partial charge in [-0.25, -0.2) is 0 Å². The van der Waals surface area contributed by atoms with Crippen molar-refractivity contribution in [2.45, 2.75) is 10.9 Å². The van der Waals surface area contributed by atoms with Gasteiger partial charge in [-0.3, -0.25) is 9.48 Å². The molecule has 1 heterocycles. The third-order valence-corrected chi connectivity index (χ3v) is 3.94. The minimum atomic E-state index is -0.740. The number of rotatable bonds is 6. The van der Waals surface area contributed by atoms with Crippen molar-refractivity contribution in [1.82, 2.24) is 9.78 Å². The molecule has 0 spiro atoms. The molecule has 0 fully saturated rings. The Kier molecular flexibility index (Phi) is 5.19. The van der Waals surface area contributed by atoms with Crippen LogP contribution in [0.2, 0.25) is 0 Å². The lowest BCUT2D eigenvalue weighted by Gasteiger charge is -2.13. The lowest BCUT2D eigenvalue weighted by Crippen LogP contribution is -2.27. The first-order valence-electron chi connectivity index (χ1n) is 6.49. The molecule has 0 aliphatic heterocycles. The van der Waals surface area contributed by atoms with E-state index in [0.717, 1.165) is 16.3 Å². The fraction of sp³-hybridized carbons (Fsp3) is 0.200. The van der Waals surface area contributed by atoms with E-state index in [1.807, 2.05) is 30.3 Å². The first-order chi connectivity index (χ1) is 10.1. The first kappa shape index (κ1) is 15.3. The molecular weight excluding hydrogens is 284 g/mol. The molecule has 110 valence electrons. The molecule has 1 amide bonds. The zero-order chi connectivity index (χ0) is 15.2. The third-order valence-electron chi connectivity index (χ3n) is 2.87. The number of anilines is 1. The zero-order valence-corrected chi connectivity index (χ0v) is 12.6. The number of nitrogens with one attached hydrogen (secondary N) is 1. The number of carbonyl (C=O) groups excluding carboxylic acids is 1. The van der Waals surface area contributed by atoms with Crippen molar-refractivity contribution in [3.63, 3.8) is 0 Å². The van der Waals surface area contributed by atoms with Crippen LogP contribution in [0.5, 0.6) is 0 Å². The number of carbonyl (C=O) groups is 1. The summed E-state index contributed by atoms with van der Waals surface area (Å²) in [5.74, 6) is 0.524. The van der Waals surface area contributed by atoms with Crippen molar-refractivity contribution in [1.29, 1.82) is 0 Å². The summed E-state index contributed by atoms with van der Waals surface area (Å²) in [6.45, 7) is 3.70. The number of amides is 1.